The zero-order chi connectivity index (χ0) is 23.3. The SMILES string of the molecule is CC1(Cc2ccc(C(F)(F)F)nc2)C(=O)Nc2ccc(-c3ccc(S(C)(=O)=O)cc3)cc21. The fourth-order valence-corrected chi connectivity index (χ4v) is 4.48. The monoisotopic (exact) mass is 460 g/mol. The van der Waals surface area contributed by atoms with Gasteiger partial charge in [-0.2, -0.15) is 13.2 Å². The first kappa shape index (κ1) is 22.0. The Morgan fingerprint density at radius 1 is 1.00 bits per heavy atom. The zero-order valence-corrected chi connectivity index (χ0v) is 18.0. The molecule has 3 aromatic rings. The van der Waals surface area contributed by atoms with Crippen LogP contribution in [0.5, 0.6) is 0 Å². The van der Waals surface area contributed by atoms with Crippen LogP contribution in [0.3, 0.4) is 0 Å². The first-order valence-electron chi connectivity index (χ1n) is 9.66. The minimum Gasteiger partial charge on any atom is -0.325 e. The smallest absolute Gasteiger partial charge is 0.325 e. The summed E-state index contributed by atoms with van der Waals surface area (Å²) in [5.74, 6) is -0.253. The number of alkyl halides is 3. The van der Waals surface area contributed by atoms with Crippen molar-refractivity contribution < 1.29 is 26.4 Å². The quantitative estimate of drug-likeness (QED) is 0.616. The molecule has 1 atom stereocenters. The molecule has 2 aromatic carbocycles. The van der Waals surface area contributed by atoms with Crippen molar-refractivity contribution in [3.05, 3.63) is 77.6 Å². The van der Waals surface area contributed by atoms with Crippen molar-refractivity contribution in [1.82, 2.24) is 4.98 Å². The Labute approximate surface area is 183 Å². The highest BCUT2D eigenvalue weighted by molar-refractivity contribution is 7.90. The van der Waals surface area contributed by atoms with Crippen LogP contribution in [0.1, 0.15) is 23.7 Å². The zero-order valence-electron chi connectivity index (χ0n) is 17.2. The number of amides is 1. The van der Waals surface area contributed by atoms with Crippen molar-refractivity contribution in [2.24, 2.45) is 0 Å². The molecule has 1 N–H and O–H groups in total. The van der Waals surface area contributed by atoms with Crippen LogP contribution in [0.2, 0.25) is 0 Å². The van der Waals surface area contributed by atoms with E-state index in [1.54, 1.807) is 25.1 Å². The lowest BCUT2D eigenvalue weighted by Gasteiger charge is -2.23. The van der Waals surface area contributed by atoms with Gasteiger partial charge in [0.15, 0.2) is 9.84 Å². The maximum atomic E-state index is 12.8. The van der Waals surface area contributed by atoms with Crippen LogP contribution in [0.4, 0.5) is 18.9 Å². The number of nitrogens with one attached hydrogen (secondary N) is 1. The van der Waals surface area contributed by atoms with Gasteiger partial charge in [0.1, 0.15) is 5.69 Å². The summed E-state index contributed by atoms with van der Waals surface area (Å²) >= 11 is 0. The van der Waals surface area contributed by atoms with Crippen molar-refractivity contribution in [3.8, 4) is 11.1 Å². The second-order valence-corrected chi connectivity index (χ2v) is 10.1. The van der Waals surface area contributed by atoms with Gasteiger partial charge in [0, 0.05) is 18.1 Å². The lowest BCUT2D eigenvalue weighted by molar-refractivity contribution is -0.141. The highest BCUT2D eigenvalue weighted by atomic mass is 32.2. The van der Waals surface area contributed by atoms with E-state index in [4.69, 9.17) is 0 Å². The van der Waals surface area contributed by atoms with E-state index in [2.05, 4.69) is 10.3 Å². The average Bonchev–Trinajstić information content (AvgIpc) is 2.97. The predicted octanol–water partition coefficient (Wildman–Crippen LogP) is 4.62. The van der Waals surface area contributed by atoms with E-state index >= 15 is 0 Å². The first-order valence-corrected chi connectivity index (χ1v) is 11.6. The highest BCUT2D eigenvalue weighted by Crippen LogP contribution is 2.42. The summed E-state index contributed by atoms with van der Waals surface area (Å²) in [7, 11) is -3.32. The Bertz CT molecular complexity index is 1300. The van der Waals surface area contributed by atoms with E-state index in [-0.39, 0.29) is 17.2 Å². The molecule has 0 spiro atoms. The number of carbonyl (C=O) groups excluding carboxylic acids is 1. The third-order valence-corrected chi connectivity index (χ3v) is 6.78. The van der Waals surface area contributed by atoms with Crippen LogP contribution in [0, 0.1) is 0 Å². The molecular formula is C23H19F3N2O3S. The fraction of sp³-hybridized carbons (Fsp3) is 0.217. The summed E-state index contributed by atoms with van der Waals surface area (Å²) in [5, 5.41) is 2.83. The number of benzene rings is 2. The largest absolute Gasteiger partial charge is 0.433 e. The summed E-state index contributed by atoms with van der Waals surface area (Å²) in [6, 6.07) is 14.1. The van der Waals surface area contributed by atoms with Crippen molar-refractivity contribution in [3.63, 3.8) is 0 Å². The van der Waals surface area contributed by atoms with Gasteiger partial charge in [-0.1, -0.05) is 24.3 Å². The molecule has 2 heterocycles. The third-order valence-electron chi connectivity index (χ3n) is 5.65. The average molecular weight is 460 g/mol. The molecule has 0 fully saturated rings. The summed E-state index contributed by atoms with van der Waals surface area (Å²) < 4.78 is 61.8. The molecule has 5 nitrogen and oxygen atoms in total. The highest BCUT2D eigenvalue weighted by Gasteiger charge is 2.43. The summed E-state index contributed by atoms with van der Waals surface area (Å²) in [5.41, 5.74) is 1.43. The summed E-state index contributed by atoms with van der Waals surface area (Å²) in [6.07, 6.45) is -2.07. The van der Waals surface area contributed by atoms with Gasteiger partial charge < -0.3 is 5.32 Å². The van der Waals surface area contributed by atoms with Crippen LogP contribution in [0.15, 0.2) is 65.7 Å². The Morgan fingerprint density at radius 2 is 1.66 bits per heavy atom. The van der Waals surface area contributed by atoms with Crippen molar-refractivity contribution >= 4 is 21.4 Å². The van der Waals surface area contributed by atoms with Gasteiger partial charge >= 0.3 is 6.18 Å². The summed E-state index contributed by atoms with van der Waals surface area (Å²) in [4.78, 5) is 16.5. The molecule has 9 heteroatoms. The number of halogens is 3. The molecule has 1 aromatic heterocycles. The van der Waals surface area contributed by atoms with Gasteiger partial charge in [0.05, 0.1) is 10.3 Å². The number of rotatable bonds is 4. The normalized spacial score (nSPS) is 18.3. The number of pyridine rings is 1. The first-order chi connectivity index (χ1) is 14.9. The van der Waals surface area contributed by atoms with E-state index in [9.17, 15) is 26.4 Å². The van der Waals surface area contributed by atoms with E-state index in [1.165, 1.54) is 18.2 Å². The molecule has 4 rings (SSSR count). The summed E-state index contributed by atoms with van der Waals surface area (Å²) in [6.45, 7) is 1.74. The molecule has 0 saturated carbocycles. The number of sulfone groups is 1. The molecule has 1 unspecified atom stereocenters. The Balaban J connectivity index is 1.68. The second-order valence-electron chi connectivity index (χ2n) is 8.07. The number of carbonyl (C=O) groups is 1. The van der Waals surface area contributed by atoms with Crippen molar-refractivity contribution in [2.45, 2.75) is 29.8 Å². The van der Waals surface area contributed by atoms with Crippen molar-refractivity contribution in [2.75, 3.05) is 11.6 Å². The van der Waals surface area contributed by atoms with E-state index in [0.717, 1.165) is 29.6 Å². The lowest BCUT2D eigenvalue weighted by Crippen LogP contribution is -2.33. The van der Waals surface area contributed by atoms with E-state index in [0.29, 0.717) is 16.8 Å². The molecular weight excluding hydrogens is 441 g/mol. The number of fused-ring (bicyclic) bond motifs is 1. The standard InChI is InChI=1S/C23H19F3N2O3S/c1-22(12-14-3-10-20(27-13-14)23(24,25)26)18-11-16(6-9-19(18)28-21(22)29)15-4-7-17(8-5-15)32(2,30)31/h3-11,13H,12H2,1-2H3,(H,28,29). The minimum absolute atomic E-state index is 0.174. The number of hydrogen-bond acceptors (Lipinski definition) is 4. The van der Waals surface area contributed by atoms with Crippen LogP contribution in [-0.2, 0) is 32.6 Å². The molecule has 1 aliphatic heterocycles. The number of aromatic nitrogens is 1. The van der Waals surface area contributed by atoms with Gasteiger partial charge in [-0.15, -0.1) is 0 Å². The Hall–Kier alpha value is -3.20. The molecule has 32 heavy (non-hydrogen) atoms. The maximum Gasteiger partial charge on any atom is 0.433 e. The molecule has 0 radical (unpaired) electrons. The molecule has 0 aliphatic carbocycles. The van der Waals surface area contributed by atoms with Crippen molar-refractivity contribution in [1.29, 1.82) is 0 Å². The van der Waals surface area contributed by atoms with E-state index < -0.39 is 27.1 Å². The molecule has 0 saturated heterocycles. The Morgan fingerprint density at radius 3 is 2.22 bits per heavy atom. The van der Waals surface area contributed by atoms with Crippen LogP contribution in [0.25, 0.3) is 11.1 Å². The van der Waals surface area contributed by atoms with E-state index in [1.807, 2.05) is 12.1 Å². The predicted molar refractivity (Wildman–Crippen MR) is 114 cm³/mol. The third kappa shape index (κ3) is 4.00. The van der Waals surface area contributed by atoms with Crippen LogP contribution >= 0.6 is 0 Å². The Kier molecular flexibility index (Phi) is 5.12. The number of anilines is 1. The molecule has 166 valence electrons. The van der Waals surface area contributed by atoms with Gasteiger partial charge in [0.25, 0.3) is 0 Å². The fourth-order valence-electron chi connectivity index (χ4n) is 3.85. The minimum atomic E-state index is -4.53. The number of hydrogen-bond donors (Lipinski definition) is 1. The second kappa shape index (κ2) is 7.44. The van der Waals surface area contributed by atoms with Gasteiger partial charge in [-0.3, -0.25) is 9.78 Å². The van der Waals surface area contributed by atoms with Gasteiger partial charge in [-0.05, 0) is 65.9 Å². The number of nitrogens with zero attached hydrogens (tertiary/aromatic N) is 1. The van der Waals surface area contributed by atoms with Gasteiger partial charge in [-0.25, -0.2) is 8.42 Å². The maximum absolute atomic E-state index is 12.8. The topological polar surface area (TPSA) is 76.1 Å². The molecule has 1 aliphatic rings. The molecule has 0 bridgehead atoms. The van der Waals surface area contributed by atoms with Gasteiger partial charge in [0.2, 0.25) is 5.91 Å². The molecule has 1 amide bonds. The lowest BCUT2D eigenvalue weighted by atomic mass is 9.78. The van der Waals surface area contributed by atoms with Crippen LogP contribution in [-0.4, -0.2) is 25.6 Å². The van der Waals surface area contributed by atoms with Crippen LogP contribution < -0.4 is 5.32 Å².